The molecule has 0 heterocycles. The van der Waals surface area contributed by atoms with E-state index in [4.69, 9.17) is 0 Å². The Bertz CT molecular complexity index is 770. The number of nitrogens with one attached hydrogen (secondary N) is 2. The molecule has 0 saturated carbocycles. The Morgan fingerprint density at radius 3 is 2.21 bits per heavy atom. The van der Waals surface area contributed by atoms with Crippen LogP contribution in [0.2, 0.25) is 0 Å². The number of sulfonamides is 1. The number of anilines is 1. The van der Waals surface area contributed by atoms with Gasteiger partial charge in [-0.3, -0.25) is 4.79 Å². The van der Waals surface area contributed by atoms with Gasteiger partial charge in [0.25, 0.3) is 0 Å². The third-order valence-electron chi connectivity index (χ3n) is 3.51. The van der Waals surface area contributed by atoms with Gasteiger partial charge in [0.05, 0.1) is 12.3 Å². The van der Waals surface area contributed by atoms with Crippen LogP contribution in [0, 0.1) is 0 Å². The van der Waals surface area contributed by atoms with Crippen LogP contribution in [-0.2, 0) is 20.6 Å². The molecule has 0 atom stereocenters. The second-order valence-electron chi connectivity index (χ2n) is 5.89. The van der Waals surface area contributed by atoms with Gasteiger partial charge >= 0.3 is 0 Å². The third kappa shape index (κ3) is 5.79. The number of rotatable bonds is 7. The van der Waals surface area contributed by atoms with Gasteiger partial charge in [-0.1, -0.05) is 56.3 Å². The van der Waals surface area contributed by atoms with Gasteiger partial charge in [0, 0.05) is 5.69 Å². The maximum atomic E-state index is 12.1. The highest BCUT2D eigenvalue weighted by molar-refractivity contribution is 7.88. The van der Waals surface area contributed by atoms with E-state index in [1.54, 1.807) is 36.4 Å². The van der Waals surface area contributed by atoms with E-state index in [1.807, 2.05) is 18.2 Å². The van der Waals surface area contributed by atoms with E-state index in [2.05, 4.69) is 23.9 Å². The number of carbonyl (C=O) groups excluding carboxylic acids is 1. The zero-order valence-corrected chi connectivity index (χ0v) is 14.6. The summed E-state index contributed by atoms with van der Waals surface area (Å²) in [5.41, 5.74) is 2.48. The highest BCUT2D eigenvalue weighted by atomic mass is 32.2. The average Bonchev–Trinajstić information content (AvgIpc) is 2.54. The lowest BCUT2D eigenvalue weighted by Crippen LogP contribution is -2.33. The molecular formula is C18H22N2O3S. The Balaban J connectivity index is 1.88. The number of para-hydroxylation sites is 1. The predicted octanol–water partition coefficient (Wildman–Crippen LogP) is 2.87. The van der Waals surface area contributed by atoms with Crippen molar-refractivity contribution in [2.75, 3.05) is 11.9 Å². The molecule has 1 amide bonds. The van der Waals surface area contributed by atoms with Crippen molar-refractivity contribution < 1.29 is 13.2 Å². The Kier molecular flexibility index (Phi) is 6.11. The average molecular weight is 346 g/mol. The van der Waals surface area contributed by atoms with Gasteiger partial charge in [-0.15, -0.1) is 0 Å². The fourth-order valence-electron chi connectivity index (χ4n) is 2.17. The van der Waals surface area contributed by atoms with Crippen molar-refractivity contribution >= 4 is 21.6 Å². The lowest BCUT2D eigenvalue weighted by Gasteiger charge is -2.09. The molecule has 0 aliphatic heterocycles. The summed E-state index contributed by atoms with van der Waals surface area (Å²) in [7, 11) is -3.57. The van der Waals surface area contributed by atoms with Gasteiger partial charge in [-0.2, -0.15) is 0 Å². The molecule has 2 N–H and O–H groups in total. The predicted molar refractivity (Wildman–Crippen MR) is 96.2 cm³/mol. The Morgan fingerprint density at radius 2 is 1.62 bits per heavy atom. The SMILES string of the molecule is CC(C)c1ccc(CS(=O)(=O)NCC(=O)Nc2ccccc2)cc1. The summed E-state index contributed by atoms with van der Waals surface area (Å²) in [4.78, 5) is 11.8. The van der Waals surface area contributed by atoms with E-state index in [0.29, 0.717) is 17.2 Å². The molecule has 6 heteroatoms. The summed E-state index contributed by atoms with van der Waals surface area (Å²) in [6.45, 7) is 3.87. The Morgan fingerprint density at radius 1 is 1.00 bits per heavy atom. The molecule has 0 bridgehead atoms. The summed E-state index contributed by atoms with van der Waals surface area (Å²) >= 11 is 0. The zero-order chi connectivity index (χ0) is 17.6. The first-order valence-electron chi connectivity index (χ1n) is 7.77. The van der Waals surface area contributed by atoms with Gasteiger partial charge in [0.2, 0.25) is 15.9 Å². The van der Waals surface area contributed by atoms with E-state index in [9.17, 15) is 13.2 Å². The van der Waals surface area contributed by atoms with Crippen LogP contribution < -0.4 is 10.0 Å². The minimum Gasteiger partial charge on any atom is -0.325 e. The quantitative estimate of drug-likeness (QED) is 0.809. The topological polar surface area (TPSA) is 75.3 Å². The largest absolute Gasteiger partial charge is 0.325 e. The van der Waals surface area contributed by atoms with Crippen molar-refractivity contribution in [3.05, 3.63) is 65.7 Å². The van der Waals surface area contributed by atoms with Gasteiger partial charge < -0.3 is 5.32 Å². The molecule has 0 fully saturated rings. The molecule has 24 heavy (non-hydrogen) atoms. The van der Waals surface area contributed by atoms with Crippen LogP contribution in [0.4, 0.5) is 5.69 Å². The van der Waals surface area contributed by atoms with E-state index >= 15 is 0 Å². The van der Waals surface area contributed by atoms with Crippen molar-refractivity contribution in [1.82, 2.24) is 4.72 Å². The summed E-state index contributed by atoms with van der Waals surface area (Å²) in [6.07, 6.45) is 0. The first-order valence-corrected chi connectivity index (χ1v) is 9.42. The molecule has 2 rings (SSSR count). The Hall–Kier alpha value is -2.18. The van der Waals surface area contributed by atoms with E-state index in [-0.39, 0.29) is 12.3 Å². The van der Waals surface area contributed by atoms with Crippen LogP contribution in [0.5, 0.6) is 0 Å². The van der Waals surface area contributed by atoms with Crippen LogP contribution in [0.25, 0.3) is 0 Å². The number of hydrogen-bond acceptors (Lipinski definition) is 3. The zero-order valence-electron chi connectivity index (χ0n) is 13.8. The fourth-order valence-corrected chi connectivity index (χ4v) is 3.26. The number of hydrogen-bond donors (Lipinski definition) is 2. The summed E-state index contributed by atoms with van der Waals surface area (Å²) < 4.78 is 26.5. The second-order valence-corrected chi connectivity index (χ2v) is 7.70. The molecule has 0 aliphatic rings. The summed E-state index contributed by atoms with van der Waals surface area (Å²) in [5.74, 6) is -0.153. The second kappa shape index (κ2) is 8.08. The molecule has 0 radical (unpaired) electrons. The van der Waals surface area contributed by atoms with Gasteiger partial charge in [0.15, 0.2) is 0 Å². The number of benzene rings is 2. The first-order chi connectivity index (χ1) is 11.4. The smallest absolute Gasteiger partial charge is 0.239 e. The molecule has 0 spiro atoms. The minimum absolute atomic E-state index is 0.149. The minimum atomic E-state index is -3.57. The monoisotopic (exact) mass is 346 g/mol. The first kappa shape index (κ1) is 18.2. The maximum absolute atomic E-state index is 12.1. The van der Waals surface area contributed by atoms with Gasteiger partial charge in [-0.25, -0.2) is 13.1 Å². The maximum Gasteiger partial charge on any atom is 0.239 e. The highest BCUT2D eigenvalue weighted by Crippen LogP contribution is 2.15. The summed E-state index contributed by atoms with van der Waals surface area (Å²) in [5, 5.41) is 2.63. The standard InChI is InChI=1S/C18H22N2O3S/c1-14(2)16-10-8-15(9-11-16)13-24(22,23)19-12-18(21)20-17-6-4-3-5-7-17/h3-11,14,19H,12-13H2,1-2H3,(H,20,21). The lowest BCUT2D eigenvalue weighted by molar-refractivity contribution is -0.115. The molecule has 5 nitrogen and oxygen atoms in total. The highest BCUT2D eigenvalue weighted by Gasteiger charge is 2.14. The normalized spacial score (nSPS) is 11.5. The molecule has 2 aromatic rings. The third-order valence-corrected chi connectivity index (χ3v) is 4.81. The van der Waals surface area contributed by atoms with Crippen LogP contribution in [-0.4, -0.2) is 20.9 Å². The van der Waals surface area contributed by atoms with Crippen molar-refractivity contribution in [2.45, 2.75) is 25.5 Å². The van der Waals surface area contributed by atoms with Crippen molar-refractivity contribution in [1.29, 1.82) is 0 Å². The number of amides is 1. The lowest BCUT2D eigenvalue weighted by atomic mass is 10.0. The molecule has 0 aliphatic carbocycles. The molecule has 0 aromatic heterocycles. The Labute approximate surface area is 143 Å². The number of carbonyl (C=O) groups is 1. The van der Waals surface area contributed by atoms with Gasteiger partial charge in [0.1, 0.15) is 0 Å². The van der Waals surface area contributed by atoms with Gasteiger partial charge in [-0.05, 0) is 29.2 Å². The van der Waals surface area contributed by atoms with Crippen LogP contribution in [0.15, 0.2) is 54.6 Å². The fraction of sp³-hybridized carbons (Fsp3) is 0.278. The van der Waals surface area contributed by atoms with E-state index in [1.165, 1.54) is 0 Å². The summed E-state index contributed by atoms with van der Waals surface area (Å²) in [6, 6.07) is 16.4. The van der Waals surface area contributed by atoms with E-state index < -0.39 is 15.9 Å². The van der Waals surface area contributed by atoms with Crippen LogP contribution >= 0.6 is 0 Å². The van der Waals surface area contributed by atoms with Crippen LogP contribution in [0.1, 0.15) is 30.9 Å². The van der Waals surface area contributed by atoms with Crippen molar-refractivity contribution in [3.63, 3.8) is 0 Å². The van der Waals surface area contributed by atoms with Crippen LogP contribution in [0.3, 0.4) is 0 Å². The molecule has 0 unspecified atom stereocenters. The molecular weight excluding hydrogens is 324 g/mol. The van der Waals surface area contributed by atoms with E-state index in [0.717, 1.165) is 5.56 Å². The molecule has 128 valence electrons. The molecule has 0 saturated heterocycles. The van der Waals surface area contributed by atoms with Crippen molar-refractivity contribution in [3.8, 4) is 0 Å². The van der Waals surface area contributed by atoms with Crippen molar-refractivity contribution in [2.24, 2.45) is 0 Å². The molecule has 2 aromatic carbocycles.